The van der Waals surface area contributed by atoms with Crippen LogP contribution in [-0.2, 0) is 0 Å². The lowest BCUT2D eigenvalue weighted by atomic mass is 9.98. The van der Waals surface area contributed by atoms with Crippen molar-refractivity contribution in [2.24, 2.45) is 0 Å². The molecule has 2 rings (SSSR count). The number of hydrogen-bond acceptors (Lipinski definition) is 3. The molecule has 0 saturated heterocycles. The Bertz CT molecular complexity index is 649. The lowest BCUT2D eigenvalue weighted by molar-refractivity contribution is 0.435. The molecule has 0 radical (unpaired) electrons. The fraction of sp³-hybridized carbons (Fsp3) is 0.154. The molecule has 20 heavy (non-hydrogen) atoms. The monoisotopic (exact) mass is 301 g/mol. The van der Waals surface area contributed by atoms with Crippen LogP contribution in [0, 0.1) is 17.5 Å². The first kappa shape index (κ1) is 14.6. The molecule has 0 bridgehead atoms. The van der Waals surface area contributed by atoms with E-state index in [9.17, 15) is 13.2 Å². The number of nitrogens with one attached hydrogen (secondary N) is 1. The Morgan fingerprint density at radius 3 is 2.55 bits per heavy atom. The molecule has 0 aliphatic carbocycles. The van der Waals surface area contributed by atoms with Crippen molar-refractivity contribution in [2.45, 2.75) is 6.04 Å². The minimum absolute atomic E-state index is 0.0813. The van der Waals surface area contributed by atoms with E-state index < -0.39 is 23.5 Å². The first-order chi connectivity index (χ1) is 9.45. The molecule has 0 saturated carbocycles. The average Bonchev–Trinajstić information content (AvgIpc) is 2.43. The van der Waals surface area contributed by atoms with Gasteiger partial charge in [0, 0.05) is 17.3 Å². The van der Waals surface area contributed by atoms with Crippen LogP contribution in [0.4, 0.5) is 19.0 Å². The van der Waals surface area contributed by atoms with Crippen LogP contribution in [0.2, 0.25) is 5.02 Å². The third-order valence-corrected chi connectivity index (χ3v) is 3.10. The van der Waals surface area contributed by atoms with Crippen molar-refractivity contribution in [2.75, 3.05) is 12.8 Å². The number of nitrogen functional groups attached to an aromatic ring is 1. The van der Waals surface area contributed by atoms with Gasteiger partial charge in [-0.3, -0.25) is 0 Å². The van der Waals surface area contributed by atoms with E-state index in [4.69, 9.17) is 17.3 Å². The number of halogens is 4. The third kappa shape index (κ3) is 2.57. The van der Waals surface area contributed by atoms with Gasteiger partial charge in [-0.05, 0) is 19.2 Å². The second-order valence-electron chi connectivity index (χ2n) is 4.11. The Morgan fingerprint density at radius 2 is 1.90 bits per heavy atom. The molecule has 1 unspecified atom stereocenters. The number of pyridine rings is 1. The predicted molar refractivity (Wildman–Crippen MR) is 70.9 cm³/mol. The van der Waals surface area contributed by atoms with Gasteiger partial charge in [-0.25, -0.2) is 18.2 Å². The number of nitrogens with two attached hydrogens (primary N) is 1. The standard InChI is InChI=1S/C13H11ClF3N3/c1-19-12(8-4-6(14)5-20-13(8)18)7-2-3-9(15)11(17)10(7)16/h2-5,12,19H,1H3,(H2,18,20). The second kappa shape index (κ2) is 5.68. The molecule has 7 heteroatoms. The summed E-state index contributed by atoms with van der Waals surface area (Å²) in [4.78, 5) is 3.86. The highest BCUT2D eigenvalue weighted by molar-refractivity contribution is 6.30. The van der Waals surface area contributed by atoms with E-state index in [0.717, 1.165) is 12.1 Å². The summed E-state index contributed by atoms with van der Waals surface area (Å²) in [6.45, 7) is 0. The Balaban J connectivity index is 2.58. The number of benzene rings is 1. The van der Waals surface area contributed by atoms with Crippen LogP contribution in [0.15, 0.2) is 24.4 Å². The zero-order valence-electron chi connectivity index (χ0n) is 10.4. The summed E-state index contributed by atoms with van der Waals surface area (Å²) >= 11 is 5.83. The molecule has 1 aromatic carbocycles. The molecule has 1 heterocycles. The van der Waals surface area contributed by atoms with Crippen molar-refractivity contribution in [3.8, 4) is 0 Å². The maximum Gasteiger partial charge on any atom is 0.194 e. The molecule has 106 valence electrons. The minimum atomic E-state index is -1.53. The first-order valence-corrected chi connectivity index (χ1v) is 6.05. The second-order valence-corrected chi connectivity index (χ2v) is 4.55. The number of aromatic nitrogens is 1. The van der Waals surface area contributed by atoms with E-state index in [1.807, 2.05) is 0 Å². The fourth-order valence-corrected chi connectivity index (χ4v) is 2.11. The average molecular weight is 302 g/mol. The van der Waals surface area contributed by atoms with Crippen LogP contribution in [0.1, 0.15) is 17.2 Å². The van der Waals surface area contributed by atoms with Gasteiger partial charge >= 0.3 is 0 Å². The lowest BCUT2D eigenvalue weighted by Crippen LogP contribution is -2.21. The highest BCUT2D eigenvalue weighted by atomic mass is 35.5. The van der Waals surface area contributed by atoms with Crippen LogP contribution >= 0.6 is 11.6 Å². The van der Waals surface area contributed by atoms with Gasteiger partial charge in [0.25, 0.3) is 0 Å². The van der Waals surface area contributed by atoms with Gasteiger partial charge in [0.1, 0.15) is 5.82 Å². The fourth-order valence-electron chi connectivity index (χ4n) is 1.94. The summed E-state index contributed by atoms with van der Waals surface area (Å²) < 4.78 is 40.2. The highest BCUT2D eigenvalue weighted by Crippen LogP contribution is 2.30. The molecule has 0 fully saturated rings. The molecule has 0 spiro atoms. The zero-order valence-corrected chi connectivity index (χ0v) is 11.2. The van der Waals surface area contributed by atoms with E-state index in [0.29, 0.717) is 10.6 Å². The van der Waals surface area contributed by atoms with Gasteiger partial charge in [-0.1, -0.05) is 17.7 Å². The first-order valence-electron chi connectivity index (χ1n) is 5.67. The van der Waals surface area contributed by atoms with Crippen LogP contribution in [0.3, 0.4) is 0 Å². The van der Waals surface area contributed by atoms with Crippen LogP contribution in [0.25, 0.3) is 0 Å². The van der Waals surface area contributed by atoms with Gasteiger partial charge in [-0.2, -0.15) is 0 Å². The van der Waals surface area contributed by atoms with Crippen molar-refractivity contribution in [1.82, 2.24) is 10.3 Å². The summed E-state index contributed by atoms with van der Waals surface area (Å²) in [5, 5.41) is 3.09. The van der Waals surface area contributed by atoms with E-state index in [1.165, 1.54) is 19.3 Å². The number of nitrogens with zero attached hydrogens (tertiary/aromatic N) is 1. The zero-order chi connectivity index (χ0) is 14.9. The summed E-state index contributed by atoms with van der Waals surface area (Å²) in [6.07, 6.45) is 1.34. The molecule has 2 aromatic rings. The minimum Gasteiger partial charge on any atom is -0.383 e. The molecular formula is C13H11ClF3N3. The van der Waals surface area contributed by atoms with Crippen molar-refractivity contribution in [3.63, 3.8) is 0 Å². The molecule has 0 aliphatic rings. The topological polar surface area (TPSA) is 50.9 Å². The van der Waals surface area contributed by atoms with Crippen LogP contribution in [-0.4, -0.2) is 12.0 Å². The van der Waals surface area contributed by atoms with Crippen molar-refractivity contribution in [3.05, 3.63) is 58.0 Å². The smallest absolute Gasteiger partial charge is 0.194 e. The van der Waals surface area contributed by atoms with Gasteiger partial charge in [0.2, 0.25) is 0 Å². The molecule has 0 amide bonds. The number of hydrogen-bond donors (Lipinski definition) is 2. The number of rotatable bonds is 3. The summed E-state index contributed by atoms with van der Waals surface area (Å²) in [5.74, 6) is -3.93. The molecule has 1 atom stereocenters. The highest BCUT2D eigenvalue weighted by Gasteiger charge is 2.23. The maximum atomic E-state index is 13.9. The molecule has 0 aliphatic heterocycles. The van der Waals surface area contributed by atoms with E-state index >= 15 is 0 Å². The van der Waals surface area contributed by atoms with E-state index in [-0.39, 0.29) is 11.4 Å². The van der Waals surface area contributed by atoms with Crippen molar-refractivity contribution >= 4 is 17.4 Å². The molecular weight excluding hydrogens is 291 g/mol. The quantitative estimate of drug-likeness (QED) is 0.857. The Morgan fingerprint density at radius 1 is 1.20 bits per heavy atom. The largest absolute Gasteiger partial charge is 0.383 e. The summed E-state index contributed by atoms with van der Waals surface area (Å²) in [5.41, 5.74) is 6.02. The van der Waals surface area contributed by atoms with Crippen LogP contribution in [0.5, 0.6) is 0 Å². The molecule has 1 aromatic heterocycles. The third-order valence-electron chi connectivity index (χ3n) is 2.89. The van der Waals surface area contributed by atoms with Gasteiger partial charge in [0.15, 0.2) is 17.5 Å². The molecule has 3 N–H and O–H groups in total. The summed E-state index contributed by atoms with van der Waals surface area (Å²) in [7, 11) is 1.53. The normalized spacial score (nSPS) is 12.4. The Labute approximate surface area is 118 Å². The Hall–Kier alpha value is -1.79. The number of anilines is 1. The van der Waals surface area contributed by atoms with Crippen molar-refractivity contribution < 1.29 is 13.2 Å². The van der Waals surface area contributed by atoms with Gasteiger partial charge in [-0.15, -0.1) is 0 Å². The van der Waals surface area contributed by atoms with Crippen LogP contribution < -0.4 is 11.1 Å². The SMILES string of the molecule is CNC(c1cc(Cl)cnc1N)c1ccc(F)c(F)c1F. The predicted octanol–water partition coefficient (Wildman–Crippen LogP) is 3.04. The van der Waals surface area contributed by atoms with Crippen molar-refractivity contribution in [1.29, 1.82) is 0 Å². The summed E-state index contributed by atoms with van der Waals surface area (Å²) in [6, 6.07) is 2.70. The van der Waals surface area contributed by atoms with Gasteiger partial charge in [0.05, 0.1) is 11.1 Å². The maximum absolute atomic E-state index is 13.9. The van der Waals surface area contributed by atoms with E-state index in [1.54, 1.807) is 0 Å². The van der Waals surface area contributed by atoms with Gasteiger partial charge < -0.3 is 11.1 Å². The van der Waals surface area contributed by atoms with E-state index in [2.05, 4.69) is 10.3 Å². The Kier molecular flexibility index (Phi) is 4.15. The molecule has 3 nitrogen and oxygen atoms in total. The lowest BCUT2D eigenvalue weighted by Gasteiger charge is -2.19.